The topological polar surface area (TPSA) is 75.4 Å². The normalized spacial score (nSPS) is 17.3. The molecule has 0 aromatic heterocycles. The van der Waals surface area contributed by atoms with Crippen LogP contribution < -0.4 is 11.1 Å². The Morgan fingerprint density at radius 3 is 2.78 bits per heavy atom. The quantitative estimate of drug-likeness (QED) is 0.650. The number of nitrogens with one attached hydrogen (secondary N) is 1. The zero-order valence-electron chi connectivity index (χ0n) is 11.4. The molecule has 0 aromatic rings. The fourth-order valence-corrected chi connectivity index (χ4v) is 2.17. The van der Waals surface area contributed by atoms with Crippen molar-refractivity contribution < 1.29 is 9.59 Å². The Morgan fingerprint density at radius 1 is 1.50 bits per heavy atom. The van der Waals surface area contributed by atoms with Gasteiger partial charge in [-0.1, -0.05) is 13.8 Å². The monoisotopic (exact) mass is 255 g/mol. The van der Waals surface area contributed by atoms with Gasteiger partial charge in [0.2, 0.25) is 11.8 Å². The van der Waals surface area contributed by atoms with Crippen molar-refractivity contribution in [3.8, 4) is 0 Å². The van der Waals surface area contributed by atoms with E-state index in [0.717, 1.165) is 25.9 Å². The molecule has 18 heavy (non-hydrogen) atoms. The van der Waals surface area contributed by atoms with Crippen molar-refractivity contribution in [1.82, 2.24) is 10.2 Å². The van der Waals surface area contributed by atoms with Crippen molar-refractivity contribution in [2.75, 3.05) is 19.6 Å². The summed E-state index contributed by atoms with van der Waals surface area (Å²) in [5.41, 5.74) is 5.77. The standard InChI is InChI=1S/C13H25N3O2/c1-10(2)9-11(14)13(18)15-6-4-8-16-7-3-5-12(16)17/h10-11H,3-9,14H2,1-2H3,(H,15,18)/t11-/m0/s1. The zero-order valence-corrected chi connectivity index (χ0v) is 11.4. The predicted molar refractivity (Wildman–Crippen MR) is 70.9 cm³/mol. The molecular formula is C13H25N3O2. The lowest BCUT2D eigenvalue weighted by Crippen LogP contribution is -2.42. The molecule has 0 aliphatic carbocycles. The van der Waals surface area contributed by atoms with Gasteiger partial charge in [0.15, 0.2) is 0 Å². The molecule has 0 radical (unpaired) electrons. The lowest BCUT2D eigenvalue weighted by Gasteiger charge is -2.17. The van der Waals surface area contributed by atoms with Crippen LogP contribution in [0.3, 0.4) is 0 Å². The molecule has 1 atom stereocenters. The minimum Gasteiger partial charge on any atom is -0.355 e. The van der Waals surface area contributed by atoms with E-state index in [-0.39, 0.29) is 11.8 Å². The molecule has 1 heterocycles. The molecule has 1 aliphatic rings. The number of hydrogen-bond acceptors (Lipinski definition) is 3. The maximum atomic E-state index is 11.6. The van der Waals surface area contributed by atoms with Gasteiger partial charge in [-0.05, 0) is 25.2 Å². The molecule has 0 bridgehead atoms. The first-order chi connectivity index (χ1) is 8.50. The highest BCUT2D eigenvalue weighted by atomic mass is 16.2. The number of amides is 2. The van der Waals surface area contributed by atoms with Crippen LogP contribution in [0.15, 0.2) is 0 Å². The molecule has 5 nitrogen and oxygen atoms in total. The number of hydrogen-bond donors (Lipinski definition) is 2. The first kappa shape index (κ1) is 15.0. The Labute approximate surface area is 109 Å². The molecule has 0 aromatic carbocycles. The number of carbonyl (C=O) groups is 2. The molecule has 1 fully saturated rings. The third-order valence-corrected chi connectivity index (χ3v) is 3.14. The molecule has 2 amide bonds. The van der Waals surface area contributed by atoms with Crippen LogP contribution in [0.4, 0.5) is 0 Å². The van der Waals surface area contributed by atoms with E-state index < -0.39 is 6.04 Å². The highest BCUT2D eigenvalue weighted by molar-refractivity contribution is 5.81. The van der Waals surface area contributed by atoms with Crippen LogP contribution in [0, 0.1) is 5.92 Å². The third-order valence-electron chi connectivity index (χ3n) is 3.14. The summed E-state index contributed by atoms with van der Waals surface area (Å²) in [6.45, 7) is 6.28. The second-order valence-electron chi connectivity index (χ2n) is 5.36. The van der Waals surface area contributed by atoms with Gasteiger partial charge in [-0.3, -0.25) is 9.59 Å². The average Bonchev–Trinajstić information content (AvgIpc) is 2.69. The Bertz CT molecular complexity index is 292. The van der Waals surface area contributed by atoms with Gasteiger partial charge in [-0.15, -0.1) is 0 Å². The average molecular weight is 255 g/mol. The predicted octanol–water partition coefficient (Wildman–Crippen LogP) is 0.489. The smallest absolute Gasteiger partial charge is 0.236 e. The van der Waals surface area contributed by atoms with Crippen LogP contribution >= 0.6 is 0 Å². The summed E-state index contributed by atoms with van der Waals surface area (Å²) in [5, 5.41) is 2.82. The van der Waals surface area contributed by atoms with Gasteiger partial charge in [-0.2, -0.15) is 0 Å². The number of likely N-dealkylation sites (tertiary alicyclic amines) is 1. The van der Waals surface area contributed by atoms with Crippen LogP contribution in [0.2, 0.25) is 0 Å². The number of rotatable bonds is 7. The third kappa shape index (κ3) is 5.04. The largest absolute Gasteiger partial charge is 0.355 e. The number of carbonyl (C=O) groups excluding carboxylic acids is 2. The number of nitrogens with zero attached hydrogens (tertiary/aromatic N) is 1. The molecule has 0 unspecified atom stereocenters. The van der Waals surface area contributed by atoms with Gasteiger partial charge < -0.3 is 16.0 Å². The molecule has 3 N–H and O–H groups in total. The second kappa shape index (κ2) is 7.36. The fraction of sp³-hybridized carbons (Fsp3) is 0.846. The van der Waals surface area contributed by atoms with Crippen molar-refractivity contribution in [1.29, 1.82) is 0 Å². The summed E-state index contributed by atoms with van der Waals surface area (Å²) in [7, 11) is 0. The van der Waals surface area contributed by atoms with Crippen molar-refractivity contribution in [3.63, 3.8) is 0 Å². The molecule has 0 saturated carbocycles. The van der Waals surface area contributed by atoms with Crippen molar-refractivity contribution >= 4 is 11.8 Å². The fourth-order valence-electron chi connectivity index (χ4n) is 2.17. The van der Waals surface area contributed by atoms with Gasteiger partial charge in [0, 0.05) is 26.1 Å². The van der Waals surface area contributed by atoms with Crippen LogP contribution in [0.5, 0.6) is 0 Å². The van der Waals surface area contributed by atoms with Crippen molar-refractivity contribution in [2.45, 2.75) is 45.6 Å². The molecule has 0 spiro atoms. The lowest BCUT2D eigenvalue weighted by atomic mass is 10.0. The van der Waals surface area contributed by atoms with E-state index in [1.54, 1.807) is 0 Å². The summed E-state index contributed by atoms with van der Waals surface area (Å²) in [4.78, 5) is 24.8. The summed E-state index contributed by atoms with van der Waals surface area (Å²) < 4.78 is 0. The van der Waals surface area contributed by atoms with Gasteiger partial charge in [0.05, 0.1) is 6.04 Å². The first-order valence-electron chi connectivity index (χ1n) is 6.81. The van der Waals surface area contributed by atoms with Crippen molar-refractivity contribution in [2.24, 2.45) is 11.7 Å². The van der Waals surface area contributed by atoms with Gasteiger partial charge in [-0.25, -0.2) is 0 Å². The highest BCUT2D eigenvalue weighted by Crippen LogP contribution is 2.09. The number of nitrogens with two attached hydrogens (primary N) is 1. The van der Waals surface area contributed by atoms with E-state index in [2.05, 4.69) is 5.32 Å². The molecule has 1 saturated heterocycles. The van der Waals surface area contributed by atoms with Crippen LogP contribution in [-0.4, -0.2) is 42.4 Å². The first-order valence-corrected chi connectivity index (χ1v) is 6.81. The molecule has 1 rings (SSSR count). The van der Waals surface area contributed by atoms with E-state index in [9.17, 15) is 9.59 Å². The van der Waals surface area contributed by atoms with E-state index >= 15 is 0 Å². The van der Waals surface area contributed by atoms with Crippen LogP contribution in [0.1, 0.15) is 39.5 Å². The van der Waals surface area contributed by atoms with E-state index in [1.165, 1.54) is 0 Å². The summed E-state index contributed by atoms with van der Waals surface area (Å²) in [6.07, 6.45) is 3.14. The maximum absolute atomic E-state index is 11.6. The van der Waals surface area contributed by atoms with E-state index in [4.69, 9.17) is 5.73 Å². The SMILES string of the molecule is CC(C)C[C@H](N)C(=O)NCCCN1CCCC1=O. The Morgan fingerprint density at radius 2 is 2.22 bits per heavy atom. The summed E-state index contributed by atoms with van der Waals surface area (Å²) in [5.74, 6) is 0.572. The summed E-state index contributed by atoms with van der Waals surface area (Å²) in [6, 6.07) is -0.418. The van der Waals surface area contributed by atoms with E-state index in [0.29, 0.717) is 25.3 Å². The maximum Gasteiger partial charge on any atom is 0.236 e. The van der Waals surface area contributed by atoms with Crippen LogP contribution in [0.25, 0.3) is 0 Å². The van der Waals surface area contributed by atoms with Gasteiger partial charge >= 0.3 is 0 Å². The Balaban J connectivity index is 2.10. The van der Waals surface area contributed by atoms with Crippen molar-refractivity contribution in [3.05, 3.63) is 0 Å². The highest BCUT2D eigenvalue weighted by Gasteiger charge is 2.19. The molecular weight excluding hydrogens is 230 g/mol. The Hall–Kier alpha value is -1.10. The lowest BCUT2D eigenvalue weighted by molar-refractivity contribution is -0.127. The minimum absolute atomic E-state index is 0.0866. The molecule has 5 heteroatoms. The molecule has 104 valence electrons. The van der Waals surface area contributed by atoms with Gasteiger partial charge in [0.25, 0.3) is 0 Å². The second-order valence-corrected chi connectivity index (χ2v) is 5.36. The van der Waals surface area contributed by atoms with Crippen LogP contribution in [-0.2, 0) is 9.59 Å². The van der Waals surface area contributed by atoms with Gasteiger partial charge in [0.1, 0.15) is 0 Å². The minimum atomic E-state index is -0.418. The zero-order chi connectivity index (χ0) is 13.5. The molecule has 1 aliphatic heterocycles. The summed E-state index contributed by atoms with van der Waals surface area (Å²) >= 11 is 0. The Kier molecular flexibility index (Phi) is 6.12. The van der Waals surface area contributed by atoms with E-state index in [1.807, 2.05) is 18.7 Å².